The SMILES string of the molecule is CO/N=C(\F)c1cc(/C(=C\CCCC(=O)O)c2cc(C)c3oc(=O)n(C)c3c2)cc(C)c1OC. The van der Waals surface area contributed by atoms with E-state index in [0.29, 0.717) is 40.8 Å². The molecule has 34 heavy (non-hydrogen) atoms. The third kappa shape index (κ3) is 5.03. The number of nitrogens with zero attached hydrogens (tertiary/aromatic N) is 2. The lowest BCUT2D eigenvalue weighted by Crippen LogP contribution is -2.08. The summed E-state index contributed by atoms with van der Waals surface area (Å²) in [5, 5.41) is 12.4. The quantitative estimate of drug-likeness (QED) is 0.276. The van der Waals surface area contributed by atoms with Gasteiger partial charge in [0.2, 0.25) is 0 Å². The molecule has 0 amide bonds. The largest absolute Gasteiger partial charge is 0.496 e. The maximum absolute atomic E-state index is 14.7. The number of ether oxygens (including phenoxy) is 1. The molecule has 0 radical (unpaired) electrons. The van der Waals surface area contributed by atoms with Crippen molar-refractivity contribution in [1.82, 2.24) is 4.57 Å². The van der Waals surface area contributed by atoms with Crippen molar-refractivity contribution in [3.8, 4) is 5.75 Å². The molecule has 8 nitrogen and oxygen atoms in total. The van der Waals surface area contributed by atoms with Gasteiger partial charge in [-0.05, 0) is 78.8 Å². The van der Waals surface area contributed by atoms with E-state index in [-0.39, 0.29) is 12.0 Å². The van der Waals surface area contributed by atoms with Crippen LogP contribution in [0.3, 0.4) is 0 Å². The highest BCUT2D eigenvalue weighted by atomic mass is 19.1. The number of aryl methyl sites for hydroxylation is 3. The van der Waals surface area contributed by atoms with Crippen molar-refractivity contribution in [2.75, 3.05) is 14.2 Å². The number of rotatable bonds is 9. The highest BCUT2D eigenvalue weighted by Gasteiger charge is 2.19. The van der Waals surface area contributed by atoms with E-state index < -0.39 is 17.7 Å². The number of oxime groups is 1. The first-order valence-electron chi connectivity index (χ1n) is 10.7. The van der Waals surface area contributed by atoms with Crippen LogP contribution in [0.15, 0.2) is 44.7 Å². The van der Waals surface area contributed by atoms with Crippen molar-refractivity contribution in [2.45, 2.75) is 33.1 Å². The Bertz CT molecular complexity index is 1350. The molecule has 0 aliphatic carbocycles. The molecule has 3 aromatic rings. The summed E-state index contributed by atoms with van der Waals surface area (Å²) in [4.78, 5) is 27.6. The van der Waals surface area contributed by atoms with Crippen molar-refractivity contribution < 1.29 is 28.3 Å². The number of unbranched alkanes of at least 4 members (excludes halogenated alkanes) is 1. The second-order valence-corrected chi connectivity index (χ2v) is 7.91. The number of methoxy groups -OCH3 is 1. The van der Waals surface area contributed by atoms with Gasteiger partial charge in [0.25, 0.3) is 5.97 Å². The highest BCUT2D eigenvalue weighted by molar-refractivity contribution is 5.98. The van der Waals surface area contributed by atoms with Gasteiger partial charge in [0.1, 0.15) is 12.9 Å². The molecule has 0 fully saturated rings. The summed E-state index contributed by atoms with van der Waals surface area (Å²) in [6.45, 7) is 3.63. The first kappa shape index (κ1) is 24.8. The summed E-state index contributed by atoms with van der Waals surface area (Å²) in [5.41, 5.74) is 4.89. The van der Waals surface area contributed by atoms with E-state index in [1.165, 1.54) is 18.8 Å². The minimum atomic E-state index is -0.874. The molecule has 0 spiro atoms. The summed E-state index contributed by atoms with van der Waals surface area (Å²) in [6, 6.07) is 7.18. The predicted molar refractivity (Wildman–Crippen MR) is 127 cm³/mol. The van der Waals surface area contributed by atoms with Gasteiger partial charge in [0.05, 0.1) is 18.2 Å². The summed E-state index contributed by atoms with van der Waals surface area (Å²) in [6.07, 6.45) is 2.86. The molecule has 0 atom stereocenters. The van der Waals surface area contributed by atoms with Crippen molar-refractivity contribution in [1.29, 1.82) is 0 Å². The van der Waals surface area contributed by atoms with Crippen LogP contribution in [0, 0.1) is 13.8 Å². The number of allylic oxidation sites excluding steroid dienone is 1. The third-order valence-electron chi connectivity index (χ3n) is 5.52. The summed E-state index contributed by atoms with van der Waals surface area (Å²) in [5.74, 6) is -1.85. The maximum atomic E-state index is 14.7. The molecule has 9 heteroatoms. The number of fused-ring (bicyclic) bond motifs is 1. The van der Waals surface area contributed by atoms with Crippen LogP contribution in [0.1, 0.15) is 47.1 Å². The molecule has 180 valence electrons. The Kier molecular flexibility index (Phi) is 7.55. The minimum absolute atomic E-state index is 0.0279. The Balaban J connectivity index is 2.24. The molecule has 0 unspecified atom stereocenters. The lowest BCUT2D eigenvalue weighted by atomic mass is 9.92. The van der Waals surface area contributed by atoms with Gasteiger partial charge in [0, 0.05) is 13.5 Å². The Labute approximate surface area is 195 Å². The maximum Gasteiger partial charge on any atom is 0.419 e. The fraction of sp³-hybridized carbons (Fsp3) is 0.320. The van der Waals surface area contributed by atoms with Crippen LogP contribution in [0.4, 0.5) is 4.39 Å². The molecule has 1 aromatic heterocycles. The number of carboxylic acids is 1. The Morgan fingerprint density at radius 3 is 2.50 bits per heavy atom. The Hall–Kier alpha value is -3.88. The van der Waals surface area contributed by atoms with Crippen molar-refractivity contribution in [3.05, 3.63) is 68.7 Å². The molecular weight excluding hydrogens is 443 g/mol. The number of hydrogen-bond acceptors (Lipinski definition) is 6. The highest BCUT2D eigenvalue weighted by Crippen LogP contribution is 2.34. The standard InChI is InChI=1S/C25H27FN2O6/c1-14-10-16(12-19(22(14)32-4)24(26)27-33-5)18(8-6-7-9-21(29)30)17-11-15(2)23-20(13-17)28(3)25(31)34-23/h8,10-13H,6-7,9H2,1-5H3,(H,29,30)/b18-8+,27-24-. The molecule has 2 aromatic carbocycles. The summed E-state index contributed by atoms with van der Waals surface area (Å²) in [7, 11) is 4.33. The average molecular weight is 470 g/mol. The lowest BCUT2D eigenvalue weighted by Gasteiger charge is -2.16. The number of carbonyl (C=O) groups is 1. The number of aliphatic carboxylic acids is 1. The van der Waals surface area contributed by atoms with E-state index in [1.54, 1.807) is 20.0 Å². The number of oxazole rings is 1. The number of aromatic nitrogens is 1. The molecule has 0 saturated heterocycles. The minimum Gasteiger partial charge on any atom is -0.496 e. The third-order valence-corrected chi connectivity index (χ3v) is 5.52. The van der Waals surface area contributed by atoms with E-state index in [0.717, 1.165) is 16.7 Å². The van der Waals surface area contributed by atoms with Gasteiger partial charge >= 0.3 is 11.7 Å². The van der Waals surface area contributed by atoms with E-state index in [1.807, 2.05) is 31.2 Å². The predicted octanol–water partition coefficient (Wildman–Crippen LogP) is 4.72. The van der Waals surface area contributed by atoms with Crippen LogP contribution in [-0.2, 0) is 16.7 Å². The Morgan fingerprint density at radius 2 is 1.85 bits per heavy atom. The van der Waals surface area contributed by atoms with Gasteiger partial charge in [-0.15, -0.1) is 0 Å². The number of halogens is 1. The van der Waals surface area contributed by atoms with Gasteiger partial charge in [-0.1, -0.05) is 11.2 Å². The van der Waals surface area contributed by atoms with Crippen molar-refractivity contribution in [2.24, 2.45) is 12.2 Å². The summed E-state index contributed by atoms with van der Waals surface area (Å²) >= 11 is 0. The van der Waals surface area contributed by atoms with E-state index in [9.17, 15) is 14.0 Å². The van der Waals surface area contributed by atoms with Crippen molar-refractivity contribution >= 4 is 28.6 Å². The topological polar surface area (TPSA) is 103 Å². The zero-order valence-electron chi connectivity index (χ0n) is 19.8. The first-order chi connectivity index (χ1) is 16.2. The lowest BCUT2D eigenvalue weighted by molar-refractivity contribution is -0.137. The number of carboxylic acid groups (broad SMARTS) is 1. The number of benzene rings is 2. The zero-order chi connectivity index (χ0) is 25.0. The molecule has 0 aliphatic heterocycles. The molecule has 3 rings (SSSR count). The zero-order valence-corrected chi connectivity index (χ0v) is 19.8. The van der Waals surface area contributed by atoms with E-state index in [2.05, 4.69) is 9.99 Å². The fourth-order valence-corrected chi connectivity index (χ4v) is 3.93. The van der Waals surface area contributed by atoms with Crippen LogP contribution in [-0.4, -0.2) is 35.8 Å². The molecule has 0 aliphatic rings. The second kappa shape index (κ2) is 10.4. The van der Waals surface area contributed by atoms with Crippen LogP contribution in [0.25, 0.3) is 16.7 Å². The molecule has 1 N–H and O–H groups in total. The van der Waals surface area contributed by atoms with Crippen LogP contribution >= 0.6 is 0 Å². The smallest absolute Gasteiger partial charge is 0.419 e. The fourth-order valence-electron chi connectivity index (χ4n) is 3.93. The van der Waals surface area contributed by atoms with Gasteiger partial charge in [0.15, 0.2) is 5.58 Å². The van der Waals surface area contributed by atoms with E-state index in [4.69, 9.17) is 14.3 Å². The van der Waals surface area contributed by atoms with Crippen molar-refractivity contribution in [3.63, 3.8) is 0 Å². The van der Waals surface area contributed by atoms with Crippen LogP contribution in [0.2, 0.25) is 0 Å². The van der Waals surface area contributed by atoms with Crippen LogP contribution < -0.4 is 10.5 Å². The number of hydrogen-bond donors (Lipinski definition) is 1. The first-order valence-corrected chi connectivity index (χ1v) is 10.7. The normalized spacial score (nSPS) is 12.3. The van der Waals surface area contributed by atoms with Gasteiger partial charge in [-0.2, -0.15) is 4.39 Å². The molecule has 1 heterocycles. The Morgan fingerprint density at radius 1 is 1.18 bits per heavy atom. The van der Waals surface area contributed by atoms with Gasteiger partial charge in [-0.3, -0.25) is 9.36 Å². The van der Waals surface area contributed by atoms with Gasteiger partial charge in [-0.25, -0.2) is 4.79 Å². The molecule has 0 saturated carbocycles. The monoisotopic (exact) mass is 470 g/mol. The van der Waals surface area contributed by atoms with Crippen LogP contribution in [0.5, 0.6) is 5.75 Å². The molecule has 0 bridgehead atoms. The van der Waals surface area contributed by atoms with Gasteiger partial charge < -0.3 is 19.1 Å². The summed E-state index contributed by atoms with van der Waals surface area (Å²) < 4.78 is 26.9. The second-order valence-electron chi connectivity index (χ2n) is 7.91. The average Bonchev–Trinajstić information content (AvgIpc) is 3.07. The van der Waals surface area contributed by atoms with E-state index >= 15 is 0 Å². The molecular formula is C25H27FN2O6.